The molecule has 0 saturated carbocycles. The Labute approximate surface area is 86.5 Å². The van der Waals surface area contributed by atoms with Crippen molar-refractivity contribution in [3.63, 3.8) is 0 Å². The van der Waals surface area contributed by atoms with E-state index in [0.29, 0.717) is 6.54 Å². The molecule has 14 heavy (non-hydrogen) atoms. The maximum Gasteiger partial charge on any atom is 0.407 e. The van der Waals surface area contributed by atoms with Gasteiger partial charge in [0.15, 0.2) is 0 Å². The van der Waals surface area contributed by atoms with Crippen LogP contribution in [0.5, 0.6) is 0 Å². The SMILES string of the molecule is CCC(N(CC)C(=O)O)[SiH](OC)OC. The van der Waals surface area contributed by atoms with E-state index in [-0.39, 0.29) is 5.67 Å². The van der Waals surface area contributed by atoms with Crippen LogP contribution in [-0.2, 0) is 8.85 Å². The number of nitrogens with zero attached hydrogens (tertiary/aromatic N) is 1. The Balaban J connectivity index is 4.56. The predicted molar refractivity (Wildman–Crippen MR) is 55.7 cm³/mol. The number of hydrogen-bond donors (Lipinski definition) is 1. The van der Waals surface area contributed by atoms with Crippen molar-refractivity contribution >= 4 is 15.4 Å². The zero-order valence-corrected chi connectivity index (χ0v) is 10.3. The van der Waals surface area contributed by atoms with Crippen molar-refractivity contribution in [1.29, 1.82) is 0 Å². The zero-order chi connectivity index (χ0) is 11.1. The standard InChI is InChI=1S/C8H19NO4Si/c1-5-7(14(12-3)13-4)9(6-2)8(10)11/h7,14H,5-6H2,1-4H3,(H,10,11). The molecule has 0 fully saturated rings. The summed E-state index contributed by atoms with van der Waals surface area (Å²) in [6.07, 6.45) is -0.190. The van der Waals surface area contributed by atoms with Crippen molar-refractivity contribution in [2.45, 2.75) is 25.9 Å². The molecule has 0 aliphatic carbocycles. The number of hydrogen-bond acceptors (Lipinski definition) is 3. The van der Waals surface area contributed by atoms with Gasteiger partial charge in [-0.2, -0.15) is 0 Å². The predicted octanol–water partition coefficient (Wildman–Crippen LogP) is 0.817. The minimum absolute atomic E-state index is 0.118. The quantitative estimate of drug-likeness (QED) is 0.675. The normalized spacial score (nSPS) is 12.9. The Morgan fingerprint density at radius 1 is 1.43 bits per heavy atom. The van der Waals surface area contributed by atoms with E-state index in [1.165, 1.54) is 4.90 Å². The molecular weight excluding hydrogens is 202 g/mol. The average Bonchev–Trinajstić information content (AvgIpc) is 2.17. The maximum atomic E-state index is 10.9. The van der Waals surface area contributed by atoms with Crippen LogP contribution in [0.2, 0.25) is 0 Å². The van der Waals surface area contributed by atoms with Crippen LogP contribution in [-0.4, -0.2) is 51.8 Å². The van der Waals surface area contributed by atoms with E-state index >= 15 is 0 Å². The van der Waals surface area contributed by atoms with E-state index in [0.717, 1.165) is 6.42 Å². The van der Waals surface area contributed by atoms with Gasteiger partial charge >= 0.3 is 15.4 Å². The molecular formula is C8H19NO4Si. The third kappa shape index (κ3) is 3.28. The summed E-state index contributed by atoms with van der Waals surface area (Å²) in [5.41, 5.74) is -0.118. The van der Waals surface area contributed by atoms with Crippen LogP contribution in [0.25, 0.3) is 0 Å². The van der Waals surface area contributed by atoms with Crippen molar-refractivity contribution in [3.8, 4) is 0 Å². The van der Waals surface area contributed by atoms with Crippen molar-refractivity contribution in [2.75, 3.05) is 20.8 Å². The van der Waals surface area contributed by atoms with E-state index in [9.17, 15) is 4.79 Å². The third-order valence-electron chi connectivity index (χ3n) is 2.18. The van der Waals surface area contributed by atoms with Gasteiger partial charge in [-0.15, -0.1) is 0 Å². The molecule has 0 aromatic heterocycles. The summed E-state index contributed by atoms with van der Waals surface area (Å²) < 4.78 is 10.4. The molecule has 1 N–H and O–H groups in total. The summed E-state index contributed by atoms with van der Waals surface area (Å²) in [4.78, 5) is 12.3. The first-order valence-corrected chi connectivity index (χ1v) is 6.28. The van der Waals surface area contributed by atoms with E-state index in [1.54, 1.807) is 14.2 Å². The highest BCUT2D eigenvalue weighted by Gasteiger charge is 2.31. The van der Waals surface area contributed by atoms with Crippen LogP contribution in [0.3, 0.4) is 0 Å². The highest BCUT2D eigenvalue weighted by Crippen LogP contribution is 2.09. The zero-order valence-electron chi connectivity index (χ0n) is 9.19. The van der Waals surface area contributed by atoms with E-state index < -0.39 is 15.4 Å². The molecule has 1 amide bonds. The maximum absolute atomic E-state index is 10.9. The monoisotopic (exact) mass is 221 g/mol. The number of amides is 1. The Morgan fingerprint density at radius 2 is 1.93 bits per heavy atom. The van der Waals surface area contributed by atoms with Crippen LogP contribution in [0, 0.1) is 0 Å². The summed E-state index contributed by atoms with van der Waals surface area (Å²) in [7, 11) is 1.24. The lowest BCUT2D eigenvalue weighted by atomic mass is 10.4. The van der Waals surface area contributed by atoms with Gasteiger partial charge < -0.3 is 18.9 Å². The minimum Gasteiger partial charge on any atom is -0.465 e. The van der Waals surface area contributed by atoms with Gasteiger partial charge in [0.1, 0.15) is 0 Å². The van der Waals surface area contributed by atoms with Crippen molar-refractivity contribution in [1.82, 2.24) is 4.90 Å². The van der Waals surface area contributed by atoms with Gasteiger partial charge in [-0.05, 0) is 13.3 Å². The Kier molecular flexibility index (Phi) is 6.51. The average molecular weight is 221 g/mol. The van der Waals surface area contributed by atoms with Crippen LogP contribution in [0.4, 0.5) is 4.79 Å². The second kappa shape index (κ2) is 6.80. The Bertz CT molecular complexity index is 175. The lowest BCUT2D eigenvalue weighted by molar-refractivity contribution is 0.127. The van der Waals surface area contributed by atoms with Gasteiger partial charge in [0.05, 0.1) is 5.67 Å². The number of carboxylic acid groups (broad SMARTS) is 1. The largest absolute Gasteiger partial charge is 0.465 e. The lowest BCUT2D eigenvalue weighted by Gasteiger charge is -2.30. The summed E-state index contributed by atoms with van der Waals surface area (Å²) in [6, 6.07) is 0. The molecule has 0 bridgehead atoms. The fourth-order valence-corrected chi connectivity index (χ4v) is 3.32. The number of carbonyl (C=O) groups is 1. The molecule has 6 heteroatoms. The molecule has 0 aromatic rings. The molecule has 0 aliphatic heterocycles. The molecule has 5 nitrogen and oxygen atoms in total. The van der Waals surface area contributed by atoms with Gasteiger partial charge in [-0.25, -0.2) is 4.79 Å². The van der Waals surface area contributed by atoms with E-state index in [4.69, 9.17) is 14.0 Å². The number of rotatable bonds is 6. The van der Waals surface area contributed by atoms with Crippen LogP contribution >= 0.6 is 0 Å². The van der Waals surface area contributed by atoms with E-state index in [1.807, 2.05) is 13.8 Å². The van der Waals surface area contributed by atoms with Gasteiger partial charge in [-0.1, -0.05) is 6.92 Å². The molecule has 0 rings (SSSR count). The molecule has 1 unspecified atom stereocenters. The highest BCUT2D eigenvalue weighted by molar-refractivity contribution is 6.46. The molecule has 84 valence electrons. The van der Waals surface area contributed by atoms with Crippen molar-refractivity contribution in [3.05, 3.63) is 0 Å². The molecule has 0 radical (unpaired) electrons. The summed E-state index contributed by atoms with van der Waals surface area (Å²) in [5, 5.41) is 8.95. The first-order chi connectivity index (χ1) is 6.62. The second-order valence-corrected chi connectivity index (χ2v) is 5.33. The van der Waals surface area contributed by atoms with Crippen molar-refractivity contribution in [2.24, 2.45) is 0 Å². The molecule has 1 atom stereocenters. The molecule has 0 saturated heterocycles. The van der Waals surface area contributed by atoms with Crippen LogP contribution < -0.4 is 0 Å². The van der Waals surface area contributed by atoms with Gasteiger partial charge in [0.2, 0.25) is 0 Å². The summed E-state index contributed by atoms with van der Waals surface area (Å²) in [6.45, 7) is 4.21. The summed E-state index contributed by atoms with van der Waals surface area (Å²) >= 11 is 0. The van der Waals surface area contributed by atoms with Gasteiger partial charge in [0, 0.05) is 20.8 Å². The molecule has 0 heterocycles. The first kappa shape index (κ1) is 13.4. The fraction of sp³-hybridized carbons (Fsp3) is 0.875. The van der Waals surface area contributed by atoms with Crippen molar-refractivity contribution < 1.29 is 18.8 Å². The fourth-order valence-electron chi connectivity index (χ4n) is 1.48. The minimum atomic E-state index is -1.89. The van der Waals surface area contributed by atoms with Crippen LogP contribution in [0.15, 0.2) is 0 Å². The molecule has 0 spiro atoms. The first-order valence-electron chi connectivity index (χ1n) is 4.67. The Hall–Kier alpha value is -0.593. The van der Waals surface area contributed by atoms with Gasteiger partial charge in [0.25, 0.3) is 0 Å². The molecule has 0 aromatic carbocycles. The third-order valence-corrected chi connectivity index (χ3v) is 4.57. The summed E-state index contributed by atoms with van der Waals surface area (Å²) in [5.74, 6) is 0. The van der Waals surface area contributed by atoms with Gasteiger partial charge in [-0.3, -0.25) is 0 Å². The second-order valence-electron chi connectivity index (χ2n) is 2.88. The lowest BCUT2D eigenvalue weighted by Crippen LogP contribution is -2.50. The Morgan fingerprint density at radius 3 is 2.14 bits per heavy atom. The molecule has 0 aliphatic rings. The smallest absolute Gasteiger partial charge is 0.407 e. The topological polar surface area (TPSA) is 59.0 Å². The van der Waals surface area contributed by atoms with E-state index in [2.05, 4.69) is 0 Å². The highest BCUT2D eigenvalue weighted by atomic mass is 28.3. The van der Waals surface area contributed by atoms with Crippen LogP contribution in [0.1, 0.15) is 20.3 Å².